The van der Waals surface area contributed by atoms with Crippen LogP contribution in [0.25, 0.3) is 11.1 Å². The van der Waals surface area contributed by atoms with Crippen molar-refractivity contribution >= 4 is 25.8 Å². The van der Waals surface area contributed by atoms with Gasteiger partial charge in [0.25, 0.3) is 0 Å². The van der Waals surface area contributed by atoms with Gasteiger partial charge in [-0.2, -0.15) is 0 Å². The molecule has 0 spiro atoms. The summed E-state index contributed by atoms with van der Waals surface area (Å²) in [5.74, 6) is 2.98. The maximum absolute atomic E-state index is 13.4. The zero-order chi connectivity index (χ0) is 29.2. The van der Waals surface area contributed by atoms with E-state index in [1.165, 1.54) is 27.2 Å². The fourth-order valence-corrected chi connectivity index (χ4v) is 5.44. The number of benzene rings is 3. The minimum Gasteiger partial charge on any atom is -0.460 e. The summed E-state index contributed by atoms with van der Waals surface area (Å²) in [7, 11) is 0.0482. The van der Waals surface area contributed by atoms with E-state index in [-0.39, 0.29) is 24.9 Å². The lowest BCUT2D eigenvalue weighted by molar-refractivity contribution is -0.153. The number of nitrogens with zero attached hydrogens (tertiary/aromatic N) is 1. The van der Waals surface area contributed by atoms with Gasteiger partial charge in [0, 0.05) is 18.5 Å². The minimum atomic E-state index is -1.65. The molecule has 1 aliphatic carbocycles. The van der Waals surface area contributed by atoms with Crippen molar-refractivity contribution < 1.29 is 19.1 Å². The summed E-state index contributed by atoms with van der Waals surface area (Å²) in [6, 6.07) is 20.3. The second-order valence-corrected chi connectivity index (χ2v) is 17.2. The molecule has 0 N–H and O–H groups in total. The molecule has 0 aliphatic heterocycles. The van der Waals surface area contributed by atoms with Crippen LogP contribution in [-0.4, -0.2) is 39.4 Å². The number of carbonyl (C=O) groups excluding carboxylic acids is 2. The quantitative estimate of drug-likeness (QED) is 0.187. The topological polar surface area (TPSA) is 55.8 Å². The number of carbonyl (C=O) groups is 2. The third-order valence-corrected chi connectivity index (χ3v) is 7.63. The summed E-state index contributed by atoms with van der Waals surface area (Å²) in [5.41, 5.74) is 10.6. The van der Waals surface area contributed by atoms with E-state index < -0.39 is 19.8 Å². The van der Waals surface area contributed by atoms with Crippen molar-refractivity contribution in [2.75, 3.05) is 18.6 Å². The van der Waals surface area contributed by atoms with Crippen molar-refractivity contribution in [2.45, 2.75) is 65.3 Å². The molecule has 40 heavy (non-hydrogen) atoms. The Bertz CT molecular complexity index is 1460. The van der Waals surface area contributed by atoms with Crippen LogP contribution in [0.5, 0.6) is 0 Å². The first-order chi connectivity index (χ1) is 18.7. The summed E-state index contributed by atoms with van der Waals surface area (Å²) >= 11 is 0. The van der Waals surface area contributed by atoms with E-state index in [0.29, 0.717) is 5.69 Å². The fourth-order valence-electron chi connectivity index (χ4n) is 4.93. The predicted molar refractivity (Wildman–Crippen MR) is 164 cm³/mol. The molecule has 0 radical (unpaired) electrons. The van der Waals surface area contributed by atoms with Crippen molar-refractivity contribution in [3.8, 4) is 22.6 Å². The fraction of sp³-hybridized carbons (Fsp3) is 0.353. The van der Waals surface area contributed by atoms with Gasteiger partial charge in [-0.3, -0.25) is 9.69 Å². The molecule has 0 bridgehead atoms. The Kier molecular flexibility index (Phi) is 8.27. The molecule has 0 saturated carbocycles. The Labute approximate surface area is 239 Å². The zero-order valence-corrected chi connectivity index (χ0v) is 25.8. The number of fused-ring (bicyclic) bond motifs is 3. The number of hydrogen-bond donors (Lipinski definition) is 0. The first-order valence-corrected chi connectivity index (χ1v) is 17.2. The second-order valence-electron chi connectivity index (χ2n) is 12.4. The number of esters is 1. The third kappa shape index (κ3) is 6.84. The highest BCUT2D eigenvalue weighted by Crippen LogP contribution is 2.44. The summed E-state index contributed by atoms with van der Waals surface area (Å²) in [5, 5.41) is 0. The Morgan fingerprint density at radius 1 is 0.950 bits per heavy atom. The molecule has 6 heteroatoms. The van der Waals surface area contributed by atoms with Crippen molar-refractivity contribution in [2.24, 2.45) is 0 Å². The van der Waals surface area contributed by atoms with E-state index in [0.717, 1.165) is 16.7 Å². The summed E-state index contributed by atoms with van der Waals surface area (Å²) in [4.78, 5) is 27.6. The molecule has 0 aromatic heterocycles. The Morgan fingerprint density at radius 2 is 1.52 bits per heavy atom. The highest BCUT2D eigenvalue weighted by molar-refractivity contribution is 6.83. The first kappa shape index (κ1) is 29.2. The molecule has 0 fully saturated rings. The van der Waals surface area contributed by atoms with Crippen molar-refractivity contribution in [1.29, 1.82) is 0 Å². The molecule has 5 nitrogen and oxygen atoms in total. The van der Waals surface area contributed by atoms with Gasteiger partial charge < -0.3 is 9.47 Å². The van der Waals surface area contributed by atoms with E-state index in [9.17, 15) is 9.59 Å². The van der Waals surface area contributed by atoms with Gasteiger partial charge in [-0.1, -0.05) is 74.1 Å². The van der Waals surface area contributed by atoms with Gasteiger partial charge >= 0.3 is 12.1 Å². The van der Waals surface area contributed by atoms with Crippen LogP contribution < -0.4 is 4.90 Å². The highest BCUT2D eigenvalue weighted by atomic mass is 28.3. The Balaban J connectivity index is 1.60. The van der Waals surface area contributed by atoms with Crippen LogP contribution in [0.1, 0.15) is 54.5 Å². The van der Waals surface area contributed by atoms with Crippen LogP contribution in [0.15, 0.2) is 60.7 Å². The van der Waals surface area contributed by atoms with E-state index in [4.69, 9.17) is 9.47 Å². The van der Waals surface area contributed by atoms with Crippen molar-refractivity contribution in [3.63, 3.8) is 0 Å². The SMILES string of the molecule is Cc1c(C#C[Si](C)(C)C)cc(CC(=O)OC(C)(C)C)cc1N(C)C(=O)OCC1c2ccccc2-c2ccccc21. The molecule has 3 aromatic rings. The largest absolute Gasteiger partial charge is 0.460 e. The van der Waals surface area contributed by atoms with Gasteiger partial charge in [-0.15, -0.1) is 5.54 Å². The lowest BCUT2D eigenvalue weighted by Gasteiger charge is -2.23. The van der Waals surface area contributed by atoms with Crippen LogP contribution in [-0.2, 0) is 20.7 Å². The smallest absolute Gasteiger partial charge is 0.414 e. The molecular formula is C34H39NO4Si. The molecule has 208 valence electrons. The standard InChI is InChI=1S/C34H39NO4Si/c1-23-25(17-18-40(6,7)8)19-24(21-32(36)39-34(2,3)4)20-31(23)35(5)33(37)38-22-30-28-15-11-9-13-26(28)27-14-10-12-16-29(27)30/h9-16,19-20,30H,21-22H2,1-8H3. The molecule has 0 saturated heterocycles. The molecule has 1 aliphatic rings. The van der Waals surface area contributed by atoms with E-state index >= 15 is 0 Å². The molecular weight excluding hydrogens is 514 g/mol. The lowest BCUT2D eigenvalue weighted by atomic mass is 9.98. The van der Waals surface area contributed by atoms with Gasteiger partial charge in [0.2, 0.25) is 0 Å². The lowest BCUT2D eigenvalue weighted by Crippen LogP contribution is -2.29. The molecule has 3 aromatic carbocycles. The summed E-state index contributed by atoms with van der Waals surface area (Å²) < 4.78 is 11.5. The second kappa shape index (κ2) is 11.3. The van der Waals surface area contributed by atoms with E-state index in [1.807, 2.05) is 64.1 Å². The maximum atomic E-state index is 13.4. The van der Waals surface area contributed by atoms with Gasteiger partial charge in [0.1, 0.15) is 20.3 Å². The molecule has 1 amide bonds. The molecule has 0 atom stereocenters. The monoisotopic (exact) mass is 553 g/mol. The number of amides is 1. The number of hydrogen-bond acceptors (Lipinski definition) is 4. The summed E-state index contributed by atoms with van der Waals surface area (Å²) in [6.07, 6.45) is -0.367. The van der Waals surface area contributed by atoms with E-state index in [2.05, 4.69) is 55.4 Å². The van der Waals surface area contributed by atoms with E-state index in [1.54, 1.807) is 7.05 Å². The average molecular weight is 554 g/mol. The van der Waals surface area contributed by atoms with Gasteiger partial charge in [-0.05, 0) is 73.2 Å². The number of rotatable bonds is 5. The highest BCUT2D eigenvalue weighted by Gasteiger charge is 2.30. The zero-order valence-electron chi connectivity index (χ0n) is 24.8. The van der Waals surface area contributed by atoms with Crippen LogP contribution in [0, 0.1) is 18.4 Å². The van der Waals surface area contributed by atoms with Gasteiger partial charge in [0.05, 0.1) is 12.1 Å². The van der Waals surface area contributed by atoms with Gasteiger partial charge in [-0.25, -0.2) is 4.79 Å². The van der Waals surface area contributed by atoms with Gasteiger partial charge in [0.15, 0.2) is 0 Å². The molecule has 4 rings (SSSR count). The maximum Gasteiger partial charge on any atom is 0.414 e. The van der Waals surface area contributed by atoms with Crippen LogP contribution >= 0.6 is 0 Å². The molecule has 0 unspecified atom stereocenters. The van der Waals surface area contributed by atoms with Crippen LogP contribution in [0.4, 0.5) is 10.5 Å². The first-order valence-electron chi connectivity index (χ1n) is 13.7. The van der Waals surface area contributed by atoms with Crippen LogP contribution in [0.3, 0.4) is 0 Å². The Hall–Kier alpha value is -3.82. The minimum absolute atomic E-state index is 0.0254. The van der Waals surface area contributed by atoms with Crippen molar-refractivity contribution in [1.82, 2.24) is 0 Å². The normalized spacial score (nSPS) is 12.6. The van der Waals surface area contributed by atoms with Crippen molar-refractivity contribution in [3.05, 3.63) is 88.5 Å². The average Bonchev–Trinajstić information content (AvgIpc) is 3.19. The van der Waals surface area contributed by atoms with Crippen LogP contribution in [0.2, 0.25) is 19.6 Å². The number of ether oxygens (including phenoxy) is 2. The third-order valence-electron chi connectivity index (χ3n) is 6.75. The predicted octanol–water partition coefficient (Wildman–Crippen LogP) is 7.49. The Morgan fingerprint density at radius 3 is 2.08 bits per heavy atom. The molecule has 0 heterocycles. The number of anilines is 1. The summed E-state index contributed by atoms with van der Waals surface area (Å²) in [6.45, 7) is 14.3.